The minimum atomic E-state index is 0.0420. The van der Waals surface area contributed by atoms with Gasteiger partial charge in [0.1, 0.15) is 5.75 Å². The summed E-state index contributed by atoms with van der Waals surface area (Å²) in [5.41, 5.74) is 6.75. The fraction of sp³-hybridized carbons (Fsp3) is 0.471. The van der Waals surface area contributed by atoms with E-state index in [-0.39, 0.29) is 12.5 Å². The molecule has 1 aromatic carbocycles. The molecule has 0 unspecified atom stereocenters. The largest absolute Gasteiger partial charge is 0.495 e. The van der Waals surface area contributed by atoms with E-state index in [0.29, 0.717) is 22.9 Å². The fourth-order valence-electron chi connectivity index (χ4n) is 2.75. The second-order valence-electron chi connectivity index (χ2n) is 5.28. The highest BCUT2D eigenvalue weighted by atomic mass is 16.5. The summed E-state index contributed by atoms with van der Waals surface area (Å²) in [6.45, 7) is 0.281. The molecule has 1 aliphatic rings. The van der Waals surface area contributed by atoms with Crippen LogP contribution in [0.5, 0.6) is 5.75 Å². The van der Waals surface area contributed by atoms with Gasteiger partial charge in [0.2, 0.25) is 0 Å². The molecule has 4 nitrogen and oxygen atoms in total. The predicted octanol–water partition coefficient (Wildman–Crippen LogP) is 2.02. The number of carbonyl (C=O) groups is 1. The van der Waals surface area contributed by atoms with Crippen LogP contribution < -0.4 is 10.5 Å². The highest BCUT2D eigenvalue weighted by molar-refractivity contribution is 5.95. The molecule has 0 aromatic heterocycles. The Bertz CT molecular complexity index is 566. The molecule has 1 amide bonds. The van der Waals surface area contributed by atoms with Gasteiger partial charge in [-0.25, -0.2) is 0 Å². The third kappa shape index (κ3) is 3.56. The van der Waals surface area contributed by atoms with Crippen LogP contribution in [0.25, 0.3) is 0 Å². The molecule has 0 heterocycles. The van der Waals surface area contributed by atoms with Crippen LogP contribution in [0.1, 0.15) is 41.6 Å². The highest BCUT2D eigenvalue weighted by Gasteiger charge is 2.24. The molecule has 2 N–H and O–H groups in total. The number of methoxy groups -OCH3 is 1. The van der Waals surface area contributed by atoms with Gasteiger partial charge in [0.15, 0.2) is 0 Å². The Morgan fingerprint density at radius 1 is 1.43 bits per heavy atom. The third-order valence-corrected chi connectivity index (χ3v) is 3.96. The highest BCUT2D eigenvalue weighted by Crippen LogP contribution is 2.25. The molecule has 0 aliphatic heterocycles. The van der Waals surface area contributed by atoms with Gasteiger partial charge in [0, 0.05) is 18.7 Å². The number of carbonyl (C=O) groups excluding carboxylic acids is 1. The van der Waals surface area contributed by atoms with Crippen LogP contribution >= 0.6 is 0 Å². The van der Waals surface area contributed by atoms with Crippen molar-refractivity contribution in [2.24, 2.45) is 5.73 Å². The Labute approximate surface area is 126 Å². The Balaban J connectivity index is 2.24. The van der Waals surface area contributed by atoms with Crippen LogP contribution in [0.4, 0.5) is 0 Å². The van der Waals surface area contributed by atoms with E-state index in [9.17, 15) is 4.79 Å². The van der Waals surface area contributed by atoms with Crippen molar-refractivity contribution in [3.63, 3.8) is 0 Å². The Hall–Kier alpha value is -1.99. The SMILES string of the molecule is COc1ccc(C(=O)N(C)C2CCCC2)cc1C#CCN. The first-order valence-electron chi connectivity index (χ1n) is 7.31. The van der Waals surface area contributed by atoms with Gasteiger partial charge >= 0.3 is 0 Å². The smallest absolute Gasteiger partial charge is 0.253 e. The predicted molar refractivity (Wildman–Crippen MR) is 83.3 cm³/mol. The van der Waals surface area contributed by atoms with Crippen LogP contribution in [0.2, 0.25) is 0 Å². The van der Waals surface area contributed by atoms with Crippen molar-refractivity contribution in [1.82, 2.24) is 4.90 Å². The molecule has 0 spiro atoms. The van der Waals surface area contributed by atoms with Crippen molar-refractivity contribution in [2.75, 3.05) is 20.7 Å². The third-order valence-electron chi connectivity index (χ3n) is 3.96. The lowest BCUT2D eigenvalue weighted by atomic mass is 10.1. The van der Waals surface area contributed by atoms with Gasteiger partial charge in [0.05, 0.1) is 19.2 Å². The van der Waals surface area contributed by atoms with Gasteiger partial charge in [-0.05, 0) is 31.0 Å². The van der Waals surface area contributed by atoms with Crippen molar-refractivity contribution >= 4 is 5.91 Å². The Morgan fingerprint density at radius 3 is 2.76 bits per heavy atom. The second kappa shape index (κ2) is 7.14. The summed E-state index contributed by atoms with van der Waals surface area (Å²) in [5.74, 6) is 6.46. The number of ether oxygens (including phenoxy) is 1. The number of amides is 1. The minimum absolute atomic E-state index is 0.0420. The summed E-state index contributed by atoms with van der Waals surface area (Å²) < 4.78 is 5.27. The molecule has 1 aromatic rings. The van der Waals surface area contributed by atoms with Crippen molar-refractivity contribution < 1.29 is 9.53 Å². The van der Waals surface area contributed by atoms with Gasteiger partial charge in [-0.3, -0.25) is 4.79 Å². The number of rotatable bonds is 3. The van der Waals surface area contributed by atoms with Crippen molar-refractivity contribution in [2.45, 2.75) is 31.7 Å². The molecule has 0 atom stereocenters. The van der Waals surface area contributed by atoms with Gasteiger partial charge in [-0.1, -0.05) is 24.7 Å². The maximum atomic E-state index is 12.6. The molecule has 4 heteroatoms. The van der Waals surface area contributed by atoms with Crippen molar-refractivity contribution in [3.05, 3.63) is 29.3 Å². The van der Waals surface area contributed by atoms with E-state index in [2.05, 4.69) is 11.8 Å². The standard InChI is InChI=1S/C17H22N2O2/c1-19(15-7-3-4-8-15)17(20)14-9-10-16(21-2)13(12-14)6-5-11-18/h9-10,12,15H,3-4,7-8,11,18H2,1-2H3. The first-order chi connectivity index (χ1) is 10.2. The van der Waals surface area contributed by atoms with Crippen molar-refractivity contribution in [1.29, 1.82) is 0 Å². The lowest BCUT2D eigenvalue weighted by molar-refractivity contribution is 0.0735. The molecule has 0 saturated heterocycles. The van der Waals surface area contributed by atoms with Crippen LogP contribution in [-0.2, 0) is 0 Å². The average molecular weight is 286 g/mol. The van der Waals surface area contributed by atoms with E-state index in [1.807, 2.05) is 11.9 Å². The van der Waals surface area contributed by atoms with Gasteiger partial charge in [0.25, 0.3) is 5.91 Å². The fourth-order valence-corrected chi connectivity index (χ4v) is 2.75. The number of nitrogens with two attached hydrogens (primary N) is 1. The van der Waals surface area contributed by atoms with Crippen LogP contribution in [0.3, 0.4) is 0 Å². The quantitative estimate of drug-likeness (QED) is 0.865. The van der Waals surface area contributed by atoms with E-state index < -0.39 is 0 Å². The average Bonchev–Trinajstić information content (AvgIpc) is 3.05. The zero-order chi connectivity index (χ0) is 15.2. The first-order valence-corrected chi connectivity index (χ1v) is 7.31. The number of hydrogen-bond acceptors (Lipinski definition) is 3. The van der Waals surface area contributed by atoms with E-state index in [1.165, 1.54) is 12.8 Å². The van der Waals surface area contributed by atoms with Gasteiger partial charge < -0.3 is 15.4 Å². The van der Waals surface area contributed by atoms with E-state index in [1.54, 1.807) is 25.3 Å². The lowest BCUT2D eigenvalue weighted by Gasteiger charge is -2.24. The maximum absolute atomic E-state index is 12.6. The summed E-state index contributed by atoms with van der Waals surface area (Å²) >= 11 is 0. The Morgan fingerprint density at radius 2 is 2.14 bits per heavy atom. The first kappa shape index (κ1) is 15.4. The summed E-state index contributed by atoms with van der Waals surface area (Å²) in [7, 11) is 3.48. The number of hydrogen-bond donors (Lipinski definition) is 1. The Kier molecular flexibility index (Phi) is 5.24. The number of benzene rings is 1. The molecule has 1 saturated carbocycles. The molecule has 21 heavy (non-hydrogen) atoms. The van der Waals surface area contributed by atoms with Crippen LogP contribution in [0.15, 0.2) is 18.2 Å². The zero-order valence-corrected chi connectivity index (χ0v) is 12.7. The lowest BCUT2D eigenvalue weighted by Crippen LogP contribution is -2.35. The minimum Gasteiger partial charge on any atom is -0.495 e. The number of nitrogens with zero attached hydrogens (tertiary/aromatic N) is 1. The van der Waals surface area contributed by atoms with Gasteiger partial charge in [-0.15, -0.1) is 0 Å². The molecule has 1 aliphatic carbocycles. The summed E-state index contributed by atoms with van der Waals surface area (Å²) in [5, 5.41) is 0. The zero-order valence-electron chi connectivity index (χ0n) is 12.7. The summed E-state index contributed by atoms with van der Waals surface area (Å²) in [6.07, 6.45) is 4.60. The second-order valence-corrected chi connectivity index (χ2v) is 5.28. The normalized spacial score (nSPS) is 14.4. The van der Waals surface area contributed by atoms with Gasteiger partial charge in [-0.2, -0.15) is 0 Å². The molecule has 1 fully saturated rings. The monoisotopic (exact) mass is 286 g/mol. The van der Waals surface area contributed by atoms with E-state index in [4.69, 9.17) is 10.5 Å². The molecule has 112 valence electrons. The molecule has 0 bridgehead atoms. The molecular weight excluding hydrogens is 264 g/mol. The van der Waals surface area contributed by atoms with E-state index in [0.717, 1.165) is 12.8 Å². The topological polar surface area (TPSA) is 55.6 Å². The van der Waals surface area contributed by atoms with Crippen LogP contribution in [0, 0.1) is 11.8 Å². The molecular formula is C17H22N2O2. The maximum Gasteiger partial charge on any atom is 0.253 e. The van der Waals surface area contributed by atoms with Crippen molar-refractivity contribution in [3.8, 4) is 17.6 Å². The molecule has 0 radical (unpaired) electrons. The van der Waals surface area contributed by atoms with Crippen LogP contribution in [-0.4, -0.2) is 37.6 Å². The molecule has 2 rings (SSSR count). The summed E-state index contributed by atoms with van der Waals surface area (Å²) in [4.78, 5) is 14.4. The summed E-state index contributed by atoms with van der Waals surface area (Å²) in [6, 6.07) is 5.73. The van der Waals surface area contributed by atoms with E-state index >= 15 is 0 Å².